The SMILES string of the molecule is CCC[C@H](CNC(=O)N1CC(Oc2ccc(C)cc2)C1)N(C)C. The average Bonchev–Trinajstić information content (AvgIpc) is 2.48. The molecule has 2 rings (SSSR count). The maximum atomic E-state index is 12.1. The third kappa shape index (κ3) is 5.13. The van der Waals surface area contributed by atoms with Gasteiger partial charge in [0.2, 0.25) is 0 Å². The van der Waals surface area contributed by atoms with Crippen LogP contribution in [0, 0.1) is 6.92 Å². The fourth-order valence-electron chi connectivity index (χ4n) is 2.68. The number of amides is 2. The van der Waals surface area contributed by atoms with Crippen LogP contribution < -0.4 is 10.1 Å². The molecule has 0 unspecified atom stereocenters. The van der Waals surface area contributed by atoms with Crippen LogP contribution in [0.3, 0.4) is 0 Å². The van der Waals surface area contributed by atoms with Crippen LogP contribution in [-0.2, 0) is 0 Å². The highest BCUT2D eigenvalue weighted by Gasteiger charge is 2.32. The molecule has 23 heavy (non-hydrogen) atoms. The first kappa shape index (κ1) is 17.6. The van der Waals surface area contributed by atoms with Crippen LogP contribution in [0.2, 0.25) is 0 Å². The summed E-state index contributed by atoms with van der Waals surface area (Å²) in [5.41, 5.74) is 1.22. The molecule has 2 amide bonds. The van der Waals surface area contributed by atoms with Crippen LogP contribution in [0.1, 0.15) is 25.3 Å². The summed E-state index contributed by atoms with van der Waals surface area (Å²) < 4.78 is 5.86. The molecule has 0 spiro atoms. The van der Waals surface area contributed by atoms with Gasteiger partial charge in [0.1, 0.15) is 11.9 Å². The van der Waals surface area contributed by atoms with Gasteiger partial charge in [0.15, 0.2) is 0 Å². The Kier molecular flexibility index (Phi) is 6.28. The van der Waals surface area contributed by atoms with Crippen molar-refractivity contribution in [2.75, 3.05) is 33.7 Å². The molecule has 0 aromatic heterocycles. The number of ether oxygens (including phenoxy) is 1. The number of nitrogens with one attached hydrogen (secondary N) is 1. The molecule has 1 N–H and O–H groups in total. The molecule has 1 aromatic rings. The first-order valence-electron chi connectivity index (χ1n) is 8.42. The van der Waals surface area contributed by atoms with E-state index in [4.69, 9.17) is 4.74 Å². The molecular formula is C18H29N3O2. The van der Waals surface area contributed by atoms with Gasteiger partial charge in [-0.3, -0.25) is 0 Å². The second-order valence-corrected chi connectivity index (χ2v) is 6.55. The van der Waals surface area contributed by atoms with E-state index in [1.165, 1.54) is 5.56 Å². The van der Waals surface area contributed by atoms with Crippen molar-refractivity contribution in [3.63, 3.8) is 0 Å². The Morgan fingerprint density at radius 3 is 2.57 bits per heavy atom. The number of benzene rings is 1. The number of aryl methyl sites for hydroxylation is 1. The maximum absolute atomic E-state index is 12.1. The van der Waals surface area contributed by atoms with Crippen molar-refractivity contribution in [3.05, 3.63) is 29.8 Å². The van der Waals surface area contributed by atoms with Gasteiger partial charge in [-0.05, 0) is 39.6 Å². The molecule has 5 heteroatoms. The maximum Gasteiger partial charge on any atom is 0.317 e. The van der Waals surface area contributed by atoms with Gasteiger partial charge in [-0.15, -0.1) is 0 Å². The summed E-state index contributed by atoms with van der Waals surface area (Å²) in [6.07, 6.45) is 2.31. The quantitative estimate of drug-likeness (QED) is 0.840. The van der Waals surface area contributed by atoms with Gasteiger partial charge < -0.3 is 19.9 Å². The summed E-state index contributed by atoms with van der Waals surface area (Å²) in [5, 5.41) is 3.03. The minimum atomic E-state index is 0.0108. The Morgan fingerprint density at radius 2 is 2.00 bits per heavy atom. The molecule has 128 valence electrons. The normalized spacial score (nSPS) is 16.1. The van der Waals surface area contributed by atoms with Gasteiger partial charge in [-0.2, -0.15) is 0 Å². The Bertz CT molecular complexity index is 495. The van der Waals surface area contributed by atoms with Crippen LogP contribution in [0.5, 0.6) is 5.75 Å². The minimum Gasteiger partial charge on any atom is -0.487 e. The zero-order valence-electron chi connectivity index (χ0n) is 14.7. The fraction of sp³-hybridized carbons (Fsp3) is 0.611. The first-order valence-corrected chi connectivity index (χ1v) is 8.42. The van der Waals surface area contributed by atoms with Crippen molar-refractivity contribution in [1.82, 2.24) is 15.1 Å². The molecule has 0 saturated carbocycles. The van der Waals surface area contributed by atoms with E-state index >= 15 is 0 Å². The van der Waals surface area contributed by atoms with Crippen molar-refractivity contribution >= 4 is 6.03 Å². The molecule has 1 aliphatic heterocycles. The van der Waals surface area contributed by atoms with Crippen molar-refractivity contribution in [2.24, 2.45) is 0 Å². The molecule has 1 aromatic carbocycles. The van der Waals surface area contributed by atoms with Crippen molar-refractivity contribution < 1.29 is 9.53 Å². The Hall–Kier alpha value is -1.75. The molecule has 0 aliphatic carbocycles. The molecular weight excluding hydrogens is 290 g/mol. The van der Waals surface area contributed by atoms with Gasteiger partial charge in [-0.25, -0.2) is 4.79 Å². The predicted octanol–water partition coefficient (Wildman–Crippen LogP) is 2.50. The van der Waals surface area contributed by atoms with Gasteiger partial charge >= 0.3 is 6.03 Å². The van der Waals surface area contributed by atoms with Gasteiger partial charge in [-0.1, -0.05) is 31.0 Å². The number of likely N-dealkylation sites (tertiary alicyclic amines) is 1. The zero-order valence-corrected chi connectivity index (χ0v) is 14.7. The van der Waals surface area contributed by atoms with Crippen LogP contribution in [0.15, 0.2) is 24.3 Å². The van der Waals surface area contributed by atoms with Crippen LogP contribution in [0.25, 0.3) is 0 Å². The number of hydrogen-bond acceptors (Lipinski definition) is 3. The zero-order chi connectivity index (χ0) is 16.8. The number of urea groups is 1. The van der Waals surface area contributed by atoms with Crippen molar-refractivity contribution in [3.8, 4) is 5.75 Å². The topological polar surface area (TPSA) is 44.8 Å². The first-order chi connectivity index (χ1) is 11.0. The number of carbonyl (C=O) groups excluding carboxylic acids is 1. The van der Waals surface area contributed by atoms with Crippen LogP contribution in [-0.4, -0.2) is 61.7 Å². The summed E-state index contributed by atoms with van der Waals surface area (Å²) in [6, 6.07) is 8.43. The molecule has 1 saturated heterocycles. The van der Waals surface area contributed by atoms with Gasteiger partial charge in [0.25, 0.3) is 0 Å². The van der Waals surface area contributed by atoms with Gasteiger partial charge in [0, 0.05) is 12.6 Å². The van der Waals surface area contributed by atoms with E-state index in [-0.39, 0.29) is 12.1 Å². The Labute approximate surface area is 139 Å². The second-order valence-electron chi connectivity index (χ2n) is 6.55. The lowest BCUT2D eigenvalue weighted by Crippen LogP contribution is -2.59. The smallest absolute Gasteiger partial charge is 0.317 e. The average molecular weight is 319 g/mol. The van der Waals surface area contributed by atoms with E-state index < -0.39 is 0 Å². The highest BCUT2D eigenvalue weighted by Crippen LogP contribution is 2.18. The third-order valence-corrected chi connectivity index (χ3v) is 4.30. The van der Waals surface area contributed by atoms with E-state index in [0.717, 1.165) is 18.6 Å². The number of likely N-dealkylation sites (N-methyl/N-ethyl adjacent to an activating group) is 1. The summed E-state index contributed by atoms with van der Waals surface area (Å²) in [5.74, 6) is 0.872. The fourth-order valence-corrected chi connectivity index (χ4v) is 2.68. The Balaban J connectivity index is 1.69. The third-order valence-electron chi connectivity index (χ3n) is 4.30. The van der Waals surface area contributed by atoms with Crippen molar-refractivity contribution in [2.45, 2.75) is 38.8 Å². The lowest BCUT2D eigenvalue weighted by Gasteiger charge is -2.39. The lowest BCUT2D eigenvalue weighted by molar-refractivity contribution is 0.0439. The molecule has 0 radical (unpaired) electrons. The van der Waals surface area contributed by atoms with E-state index in [9.17, 15) is 4.79 Å². The number of rotatable bonds is 7. The number of hydrogen-bond donors (Lipinski definition) is 1. The van der Waals surface area contributed by atoms with Crippen molar-refractivity contribution in [1.29, 1.82) is 0 Å². The highest BCUT2D eigenvalue weighted by atomic mass is 16.5. The monoisotopic (exact) mass is 319 g/mol. The molecule has 1 aliphatic rings. The van der Waals surface area contributed by atoms with Crippen LogP contribution in [0.4, 0.5) is 4.79 Å². The predicted molar refractivity (Wildman–Crippen MR) is 92.9 cm³/mol. The lowest BCUT2D eigenvalue weighted by atomic mass is 10.1. The summed E-state index contributed by atoms with van der Waals surface area (Å²) >= 11 is 0. The molecule has 1 atom stereocenters. The van der Waals surface area contributed by atoms with E-state index in [1.807, 2.05) is 24.3 Å². The standard InChI is InChI=1S/C18H29N3O2/c1-5-6-15(20(3)4)11-19-18(22)21-12-17(13-21)23-16-9-7-14(2)8-10-16/h7-10,15,17H,5-6,11-13H2,1-4H3,(H,19,22)/t15-/m1/s1. The number of nitrogens with zero attached hydrogens (tertiary/aromatic N) is 2. The van der Waals surface area contributed by atoms with Gasteiger partial charge in [0.05, 0.1) is 13.1 Å². The van der Waals surface area contributed by atoms with E-state index in [0.29, 0.717) is 25.7 Å². The van der Waals surface area contributed by atoms with E-state index in [2.05, 4.69) is 38.2 Å². The summed E-state index contributed by atoms with van der Waals surface area (Å²) in [7, 11) is 4.11. The molecule has 1 heterocycles. The summed E-state index contributed by atoms with van der Waals surface area (Å²) in [6.45, 7) is 6.22. The second kappa shape index (κ2) is 8.20. The Morgan fingerprint density at radius 1 is 1.35 bits per heavy atom. The molecule has 5 nitrogen and oxygen atoms in total. The minimum absolute atomic E-state index is 0.0108. The molecule has 1 fully saturated rings. The highest BCUT2D eigenvalue weighted by molar-refractivity contribution is 5.75. The molecule has 0 bridgehead atoms. The largest absolute Gasteiger partial charge is 0.487 e. The van der Waals surface area contributed by atoms with E-state index in [1.54, 1.807) is 4.90 Å². The number of carbonyl (C=O) groups is 1. The summed E-state index contributed by atoms with van der Waals surface area (Å²) in [4.78, 5) is 16.1. The van der Waals surface area contributed by atoms with Crippen LogP contribution >= 0.6 is 0 Å².